The highest BCUT2D eigenvalue weighted by molar-refractivity contribution is 5.88. The molecule has 0 atom stereocenters. The zero-order valence-electron chi connectivity index (χ0n) is 41.5. The molecular weight excluding hydrogens is 761 g/mol. The van der Waals surface area contributed by atoms with Crippen LogP contribution in [0.15, 0.2) is 48.5 Å². The fourth-order valence-electron chi connectivity index (χ4n) is 8.30. The van der Waals surface area contributed by atoms with Crippen molar-refractivity contribution in [1.82, 2.24) is 0 Å². The average molecular weight is 851 g/mol. The predicted molar refractivity (Wildman–Crippen MR) is 278 cm³/mol. The van der Waals surface area contributed by atoms with Crippen LogP contribution in [0.3, 0.4) is 0 Å². The second-order valence-corrected chi connectivity index (χ2v) is 17.2. The summed E-state index contributed by atoms with van der Waals surface area (Å²) in [6.07, 6.45) is 28.1. The van der Waals surface area contributed by atoms with Crippen molar-refractivity contribution in [2.45, 2.75) is 158 Å². The van der Waals surface area contributed by atoms with Crippen LogP contribution in [0.25, 0.3) is 24.3 Å². The maximum absolute atomic E-state index is 6.16. The van der Waals surface area contributed by atoms with Crippen LogP contribution in [0, 0.1) is 0 Å². The lowest BCUT2D eigenvalue weighted by molar-refractivity contribution is 0.401. The molecule has 0 radical (unpaired) electrons. The molecule has 0 aliphatic rings. The molecule has 0 aliphatic heterocycles. The van der Waals surface area contributed by atoms with E-state index >= 15 is 0 Å². The van der Waals surface area contributed by atoms with Gasteiger partial charge in [0.25, 0.3) is 0 Å². The number of ether oxygens (including phenoxy) is 2. The molecule has 3 aromatic rings. The first kappa shape index (κ1) is 52.3. The number of anilines is 4. The highest BCUT2D eigenvalue weighted by Crippen LogP contribution is 2.39. The molecule has 62 heavy (non-hydrogen) atoms. The molecule has 0 saturated carbocycles. The molecule has 0 amide bonds. The van der Waals surface area contributed by atoms with Crippen molar-refractivity contribution < 1.29 is 9.47 Å². The number of nitrogens with zero attached hydrogens (tertiary/aromatic N) is 4. The lowest BCUT2D eigenvalue weighted by Gasteiger charge is -2.34. The lowest BCUT2D eigenvalue weighted by atomic mass is 10.0. The Morgan fingerprint density at radius 1 is 0.355 bits per heavy atom. The van der Waals surface area contributed by atoms with Gasteiger partial charge in [-0.05, 0) is 86.8 Å². The molecule has 0 aliphatic carbocycles. The highest BCUT2D eigenvalue weighted by Gasteiger charge is 2.21. The summed E-state index contributed by atoms with van der Waals surface area (Å²) in [5, 5.41) is 0. The van der Waals surface area contributed by atoms with Gasteiger partial charge in [-0.1, -0.05) is 155 Å². The Morgan fingerprint density at radius 2 is 0.613 bits per heavy atom. The molecule has 0 fully saturated rings. The molecule has 0 aromatic heterocycles. The van der Waals surface area contributed by atoms with Gasteiger partial charge in [0.2, 0.25) is 0 Å². The fraction of sp³-hybridized carbons (Fsp3) is 0.607. The molecule has 0 spiro atoms. The van der Waals surface area contributed by atoms with Gasteiger partial charge < -0.3 is 29.1 Å². The number of benzene rings is 3. The molecule has 3 rings (SSSR count). The van der Waals surface area contributed by atoms with Gasteiger partial charge in [-0.25, -0.2) is 0 Å². The molecule has 6 heteroatoms. The van der Waals surface area contributed by atoms with E-state index in [1.165, 1.54) is 137 Å². The predicted octanol–water partition coefficient (Wildman–Crippen LogP) is 15.7. The molecular formula is C56H90N4O2. The molecule has 3 aromatic carbocycles. The van der Waals surface area contributed by atoms with Gasteiger partial charge in [-0.2, -0.15) is 0 Å². The van der Waals surface area contributed by atoms with Crippen LogP contribution in [-0.2, 0) is 0 Å². The molecule has 346 valence electrons. The first-order valence-electron chi connectivity index (χ1n) is 25.3. The van der Waals surface area contributed by atoms with Crippen molar-refractivity contribution in [2.75, 3.05) is 86.2 Å². The summed E-state index contributed by atoms with van der Waals surface area (Å²) in [5.41, 5.74) is 10.0. The summed E-state index contributed by atoms with van der Waals surface area (Å²) >= 11 is 0. The Labute approximate surface area is 381 Å². The normalized spacial score (nSPS) is 11.5. The van der Waals surface area contributed by atoms with Crippen LogP contribution in [0.4, 0.5) is 22.7 Å². The van der Waals surface area contributed by atoms with E-state index in [4.69, 9.17) is 9.47 Å². The third kappa shape index (κ3) is 16.2. The number of methoxy groups -OCH3 is 2. The van der Waals surface area contributed by atoms with E-state index in [2.05, 4.69) is 148 Å². The molecule has 0 N–H and O–H groups in total. The minimum Gasteiger partial charge on any atom is -0.496 e. The first-order chi connectivity index (χ1) is 30.4. The van der Waals surface area contributed by atoms with E-state index in [0.717, 1.165) is 75.0 Å². The zero-order valence-corrected chi connectivity index (χ0v) is 41.5. The van der Waals surface area contributed by atoms with Crippen molar-refractivity contribution in [1.29, 1.82) is 0 Å². The van der Waals surface area contributed by atoms with Gasteiger partial charge in [0.05, 0.1) is 37.0 Å². The van der Waals surface area contributed by atoms with Crippen LogP contribution in [0.2, 0.25) is 0 Å². The van der Waals surface area contributed by atoms with Gasteiger partial charge >= 0.3 is 0 Å². The molecule has 0 unspecified atom stereocenters. The summed E-state index contributed by atoms with van der Waals surface area (Å²) < 4.78 is 12.3. The lowest BCUT2D eigenvalue weighted by Crippen LogP contribution is -2.32. The van der Waals surface area contributed by atoms with E-state index < -0.39 is 0 Å². The number of hydrogen-bond donors (Lipinski definition) is 0. The third-order valence-corrected chi connectivity index (χ3v) is 12.1. The van der Waals surface area contributed by atoms with Crippen molar-refractivity contribution >= 4 is 47.1 Å². The van der Waals surface area contributed by atoms with Crippen LogP contribution in [0.5, 0.6) is 11.5 Å². The zero-order chi connectivity index (χ0) is 45.0. The molecule has 0 heterocycles. The average Bonchev–Trinajstić information content (AvgIpc) is 3.30. The second-order valence-electron chi connectivity index (χ2n) is 17.2. The molecule has 6 nitrogen and oxygen atoms in total. The summed E-state index contributed by atoms with van der Waals surface area (Å²) in [6, 6.07) is 18.2. The van der Waals surface area contributed by atoms with Gasteiger partial charge in [-0.15, -0.1) is 0 Å². The second kappa shape index (κ2) is 30.9. The number of unbranched alkanes of at least 4 members (excludes halogenated alkanes) is 8. The van der Waals surface area contributed by atoms with E-state index in [1.807, 2.05) is 0 Å². The first-order valence-corrected chi connectivity index (χ1v) is 25.3. The Hall–Kier alpha value is -4.06. The van der Waals surface area contributed by atoms with Crippen molar-refractivity contribution in [3.63, 3.8) is 0 Å². The maximum atomic E-state index is 6.16. The van der Waals surface area contributed by atoms with E-state index in [9.17, 15) is 0 Å². The molecule has 0 saturated heterocycles. The van der Waals surface area contributed by atoms with Crippen LogP contribution < -0.4 is 29.1 Å². The van der Waals surface area contributed by atoms with Gasteiger partial charge in [-0.3, -0.25) is 0 Å². The van der Waals surface area contributed by atoms with Crippen molar-refractivity contribution in [3.05, 3.63) is 70.8 Å². The Morgan fingerprint density at radius 3 is 0.871 bits per heavy atom. The van der Waals surface area contributed by atoms with Gasteiger partial charge in [0.1, 0.15) is 11.5 Å². The Bertz CT molecular complexity index is 1560. The van der Waals surface area contributed by atoms with E-state index in [1.54, 1.807) is 14.2 Å². The van der Waals surface area contributed by atoms with E-state index in [0.29, 0.717) is 0 Å². The monoisotopic (exact) mass is 851 g/mol. The van der Waals surface area contributed by atoms with Crippen molar-refractivity contribution in [2.24, 2.45) is 0 Å². The summed E-state index contributed by atoms with van der Waals surface area (Å²) in [7, 11) is 3.58. The van der Waals surface area contributed by atoms with E-state index in [-0.39, 0.29) is 0 Å². The summed E-state index contributed by atoms with van der Waals surface area (Å²) in [5.74, 6) is 1.68. The third-order valence-electron chi connectivity index (χ3n) is 12.1. The minimum absolute atomic E-state index is 0.840. The quantitative estimate of drug-likeness (QED) is 0.0557. The highest BCUT2D eigenvalue weighted by atomic mass is 16.5. The van der Waals surface area contributed by atoms with Crippen LogP contribution >= 0.6 is 0 Å². The Balaban J connectivity index is 2.20. The number of rotatable bonds is 34. The SMILES string of the molecule is CCCCN(CCCC)c1cccc(/C=C/c2cc(OC)c(/C=C/c3cccc(N(CCCC)CCCC)c3N(CCCC)CCCC)cc2OC)c1N(CCCC)CCCC. The molecule has 0 bridgehead atoms. The Kier molecular flexibility index (Phi) is 26.1. The standard InChI is InChI=1S/C56H90N4O2/c1-11-19-37-57(38-20-12-2)51-31-27-29-47(55(51)59(41-23-15-5)42-24-16-6)33-35-49-45-54(62-10)50(46-53(49)61-9)36-34-48-30-28-32-52(58(39-21-13-3)40-22-14-4)56(48)60(43-25-17-7)44-26-18-8/h27-36,45-46H,11-26,37-44H2,1-10H3/b35-33+,36-34+. The number of hydrogen-bond acceptors (Lipinski definition) is 6. The smallest absolute Gasteiger partial charge is 0.126 e. The van der Waals surface area contributed by atoms with Crippen molar-refractivity contribution in [3.8, 4) is 11.5 Å². The summed E-state index contributed by atoms with van der Waals surface area (Å²) in [6.45, 7) is 27.1. The fourth-order valence-corrected chi connectivity index (χ4v) is 8.30. The van der Waals surface area contributed by atoms with Crippen LogP contribution in [-0.4, -0.2) is 66.6 Å². The van der Waals surface area contributed by atoms with Crippen LogP contribution in [0.1, 0.15) is 180 Å². The topological polar surface area (TPSA) is 31.4 Å². The maximum Gasteiger partial charge on any atom is 0.126 e. The largest absolute Gasteiger partial charge is 0.496 e. The van der Waals surface area contributed by atoms with Gasteiger partial charge in [0.15, 0.2) is 0 Å². The number of para-hydroxylation sites is 2. The summed E-state index contributed by atoms with van der Waals surface area (Å²) in [4.78, 5) is 10.7. The minimum atomic E-state index is 0.840. The van der Waals surface area contributed by atoms with Gasteiger partial charge in [0, 0.05) is 63.5 Å².